The number of rotatable bonds is 2. The number of piperazine rings is 1. The van der Waals surface area contributed by atoms with Crippen LogP contribution in [0.4, 0.5) is 10.1 Å². The molecule has 0 radical (unpaired) electrons. The number of nitrogens with one attached hydrogen (secondary N) is 1. The van der Waals surface area contributed by atoms with Crippen LogP contribution in [0, 0.1) is 11.7 Å². The van der Waals surface area contributed by atoms with Gasteiger partial charge in [-0.2, -0.15) is 0 Å². The summed E-state index contributed by atoms with van der Waals surface area (Å²) in [4.78, 5) is 2.36. The molecule has 17 heavy (non-hydrogen) atoms. The third-order valence-electron chi connectivity index (χ3n) is 3.56. The second-order valence-electron chi connectivity index (χ2n) is 5.24. The van der Waals surface area contributed by atoms with Crippen LogP contribution in [0.25, 0.3) is 0 Å². The minimum absolute atomic E-state index is 0.169. The summed E-state index contributed by atoms with van der Waals surface area (Å²) in [7, 11) is 0. The Bertz CT molecular complexity index is 361. The van der Waals surface area contributed by atoms with Crippen molar-refractivity contribution in [1.29, 1.82) is 0 Å². The Kier molecular flexibility index (Phi) is 3.67. The van der Waals surface area contributed by atoms with Gasteiger partial charge in [0.1, 0.15) is 5.82 Å². The fraction of sp³-hybridized carbons (Fsp3) is 0.571. The van der Waals surface area contributed by atoms with Crippen molar-refractivity contribution in [3.8, 4) is 0 Å². The van der Waals surface area contributed by atoms with E-state index in [9.17, 15) is 4.39 Å². The van der Waals surface area contributed by atoms with E-state index >= 15 is 0 Å². The number of hydrogen-bond acceptors (Lipinski definition) is 2. The van der Waals surface area contributed by atoms with Crippen molar-refractivity contribution in [3.05, 3.63) is 30.1 Å². The SMILES string of the molecule is CC(C)C1CN(c2ccc(F)cc2)C(C)CN1. The van der Waals surface area contributed by atoms with Gasteiger partial charge in [-0.25, -0.2) is 4.39 Å². The largest absolute Gasteiger partial charge is 0.366 e. The predicted molar refractivity (Wildman–Crippen MR) is 69.8 cm³/mol. The molecular formula is C14H21FN2. The molecule has 1 aliphatic heterocycles. The average molecular weight is 236 g/mol. The monoisotopic (exact) mass is 236 g/mol. The van der Waals surface area contributed by atoms with E-state index in [2.05, 4.69) is 31.0 Å². The molecule has 2 unspecified atom stereocenters. The molecule has 94 valence electrons. The highest BCUT2D eigenvalue weighted by atomic mass is 19.1. The van der Waals surface area contributed by atoms with Crippen LogP contribution < -0.4 is 10.2 Å². The molecule has 1 saturated heterocycles. The molecule has 0 aliphatic carbocycles. The van der Waals surface area contributed by atoms with Crippen LogP contribution >= 0.6 is 0 Å². The Morgan fingerprint density at radius 3 is 2.53 bits per heavy atom. The first-order chi connectivity index (χ1) is 8.08. The van der Waals surface area contributed by atoms with E-state index < -0.39 is 0 Å². The van der Waals surface area contributed by atoms with E-state index in [-0.39, 0.29) is 5.82 Å². The number of nitrogens with zero attached hydrogens (tertiary/aromatic N) is 1. The molecule has 0 aromatic heterocycles. The van der Waals surface area contributed by atoms with Gasteiger partial charge >= 0.3 is 0 Å². The maximum atomic E-state index is 12.9. The second-order valence-corrected chi connectivity index (χ2v) is 5.24. The number of anilines is 1. The number of hydrogen-bond donors (Lipinski definition) is 1. The lowest BCUT2D eigenvalue weighted by atomic mass is 9.99. The molecule has 0 spiro atoms. The summed E-state index contributed by atoms with van der Waals surface area (Å²) in [6, 6.07) is 7.78. The summed E-state index contributed by atoms with van der Waals surface area (Å²) in [5.41, 5.74) is 1.12. The van der Waals surface area contributed by atoms with Gasteiger partial charge in [0.25, 0.3) is 0 Å². The lowest BCUT2D eigenvalue weighted by Crippen LogP contribution is -2.57. The highest BCUT2D eigenvalue weighted by Gasteiger charge is 2.26. The van der Waals surface area contributed by atoms with Gasteiger partial charge in [-0.1, -0.05) is 13.8 Å². The fourth-order valence-electron chi connectivity index (χ4n) is 2.33. The number of benzene rings is 1. The van der Waals surface area contributed by atoms with Gasteiger partial charge in [0.2, 0.25) is 0 Å². The van der Waals surface area contributed by atoms with Gasteiger partial charge in [0.15, 0.2) is 0 Å². The molecule has 2 nitrogen and oxygen atoms in total. The van der Waals surface area contributed by atoms with Crippen LogP contribution in [-0.2, 0) is 0 Å². The zero-order chi connectivity index (χ0) is 12.4. The van der Waals surface area contributed by atoms with Crippen molar-refractivity contribution >= 4 is 5.69 Å². The highest BCUT2D eigenvalue weighted by molar-refractivity contribution is 5.48. The van der Waals surface area contributed by atoms with Crippen LogP contribution in [0.3, 0.4) is 0 Å². The molecule has 1 N–H and O–H groups in total. The zero-order valence-electron chi connectivity index (χ0n) is 10.8. The molecule has 1 aromatic rings. The van der Waals surface area contributed by atoms with Gasteiger partial charge in [0.05, 0.1) is 0 Å². The minimum Gasteiger partial charge on any atom is -0.366 e. The van der Waals surface area contributed by atoms with Crippen LogP contribution in [0.15, 0.2) is 24.3 Å². The number of halogens is 1. The summed E-state index contributed by atoms with van der Waals surface area (Å²) >= 11 is 0. The molecule has 1 aliphatic rings. The maximum Gasteiger partial charge on any atom is 0.123 e. The smallest absolute Gasteiger partial charge is 0.123 e. The van der Waals surface area contributed by atoms with E-state index in [4.69, 9.17) is 0 Å². The van der Waals surface area contributed by atoms with Gasteiger partial charge in [0, 0.05) is 30.9 Å². The molecule has 0 saturated carbocycles. The third-order valence-corrected chi connectivity index (χ3v) is 3.56. The molecule has 3 heteroatoms. The Hall–Kier alpha value is -1.09. The molecular weight excluding hydrogens is 215 g/mol. The summed E-state index contributed by atoms with van der Waals surface area (Å²) in [5.74, 6) is 0.447. The first-order valence-electron chi connectivity index (χ1n) is 6.33. The van der Waals surface area contributed by atoms with Crippen LogP contribution in [-0.4, -0.2) is 25.2 Å². The summed E-state index contributed by atoms with van der Waals surface area (Å²) in [6.45, 7) is 8.64. The van der Waals surface area contributed by atoms with Crippen molar-refractivity contribution < 1.29 is 4.39 Å². The van der Waals surface area contributed by atoms with Crippen LogP contribution in [0.1, 0.15) is 20.8 Å². The molecule has 2 rings (SSSR count). The van der Waals surface area contributed by atoms with Gasteiger partial charge < -0.3 is 10.2 Å². The van der Waals surface area contributed by atoms with Crippen molar-refractivity contribution in [3.63, 3.8) is 0 Å². The Morgan fingerprint density at radius 1 is 1.29 bits per heavy atom. The summed E-state index contributed by atoms with van der Waals surface area (Å²) in [6.07, 6.45) is 0. The van der Waals surface area contributed by atoms with Crippen molar-refractivity contribution in [1.82, 2.24) is 5.32 Å². The van der Waals surface area contributed by atoms with E-state index in [0.717, 1.165) is 18.8 Å². The standard InChI is InChI=1S/C14H21FN2/c1-10(2)14-9-17(11(3)8-16-14)13-6-4-12(15)5-7-13/h4-7,10-11,14,16H,8-9H2,1-3H3. The Labute approximate surface area is 103 Å². The third kappa shape index (κ3) is 2.78. The van der Waals surface area contributed by atoms with Crippen molar-refractivity contribution in [2.24, 2.45) is 5.92 Å². The summed E-state index contributed by atoms with van der Waals surface area (Å²) in [5, 5.41) is 3.56. The topological polar surface area (TPSA) is 15.3 Å². The Balaban J connectivity index is 2.15. The highest BCUT2D eigenvalue weighted by Crippen LogP contribution is 2.21. The Morgan fingerprint density at radius 2 is 1.94 bits per heavy atom. The van der Waals surface area contributed by atoms with E-state index in [0.29, 0.717) is 18.0 Å². The van der Waals surface area contributed by atoms with Crippen molar-refractivity contribution in [2.75, 3.05) is 18.0 Å². The summed E-state index contributed by atoms with van der Waals surface area (Å²) < 4.78 is 12.9. The van der Waals surface area contributed by atoms with Gasteiger partial charge in [-0.05, 0) is 37.1 Å². The quantitative estimate of drug-likeness (QED) is 0.849. The molecule has 1 fully saturated rings. The second kappa shape index (κ2) is 5.05. The fourth-order valence-corrected chi connectivity index (χ4v) is 2.33. The molecule has 0 amide bonds. The minimum atomic E-state index is -0.169. The average Bonchev–Trinajstić information content (AvgIpc) is 2.31. The first kappa shape index (κ1) is 12.4. The lowest BCUT2D eigenvalue weighted by Gasteiger charge is -2.42. The van der Waals surface area contributed by atoms with Crippen LogP contribution in [0.2, 0.25) is 0 Å². The van der Waals surface area contributed by atoms with E-state index in [1.165, 1.54) is 12.1 Å². The van der Waals surface area contributed by atoms with Crippen molar-refractivity contribution in [2.45, 2.75) is 32.9 Å². The molecule has 1 aromatic carbocycles. The zero-order valence-corrected chi connectivity index (χ0v) is 10.8. The molecule has 2 atom stereocenters. The lowest BCUT2D eigenvalue weighted by molar-refractivity contribution is 0.337. The van der Waals surface area contributed by atoms with E-state index in [1.54, 1.807) is 0 Å². The van der Waals surface area contributed by atoms with Gasteiger partial charge in [-0.3, -0.25) is 0 Å². The first-order valence-corrected chi connectivity index (χ1v) is 6.33. The maximum absolute atomic E-state index is 12.9. The van der Waals surface area contributed by atoms with Gasteiger partial charge in [-0.15, -0.1) is 0 Å². The van der Waals surface area contributed by atoms with Crippen LogP contribution in [0.5, 0.6) is 0 Å². The predicted octanol–water partition coefficient (Wildman–Crippen LogP) is 2.65. The molecule has 1 heterocycles. The molecule has 0 bridgehead atoms. The normalized spacial score (nSPS) is 25.4. The van der Waals surface area contributed by atoms with E-state index in [1.807, 2.05) is 12.1 Å².